The van der Waals surface area contributed by atoms with Crippen molar-refractivity contribution in [2.45, 2.75) is 19.8 Å². The number of halogens is 2. The summed E-state index contributed by atoms with van der Waals surface area (Å²) in [6, 6.07) is 11.3. The lowest BCUT2D eigenvalue weighted by molar-refractivity contribution is -0.111. The van der Waals surface area contributed by atoms with Gasteiger partial charge in [-0.15, -0.1) is 0 Å². The van der Waals surface area contributed by atoms with Crippen LogP contribution >= 0.6 is 23.2 Å². The Labute approximate surface area is 219 Å². The number of amides is 1. The van der Waals surface area contributed by atoms with Crippen LogP contribution in [0.3, 0.4) is 0 Å². The zero-order valence-electron chi connectivity index (χ0n) is 20.0. The summed E-state index contributed by atoms with van der Waals surface area (Å²) in [6.07, 6.45) is 4.37. The first-order valence-corrected chi connectivity index (χ1v) is 12.5. The highest BCUT2D eigenvalue weighted by atomic mass is 35.5. The summed E-state index contributed by atoms with van der Waals surface area (Å²) >= 11 is 12.7. The quantitative estimate of drug-likeness (QED) is 0.453. The number of hydrogen-bond donors (Lipinski definition) is 1. The Balaban J connectivity index is 1.35. The van der Waals surface area contributed by atoms with E-state index in [1.165, 1.54) is 16.8 Å². The molecule has 1 N–H and O–H groups in total. The standard InChI is InChI=1S/C26H26Cl2N6O2/c1-16-12-18(6-7-22(16)33-10-8-17(14-35)9-11-33)30-26-29-13-19-24(31-26)32(2)15-34(25(19)36)23-20(27)4-3-5-21(23)28/h3-7,12-14,17H,8-11,15H2,1-2H3,(H,29,30,31). The molecular formula is C26H26Cl2N6O2. The number of anilines is 5. The lowest BCUT2D eigenvalue weighted by atomic mass is 9.97. The van der Waals surface area contributed by atoms with Crippen LogP contribution in [-0.2, 0) is 4.79 Å². The molecule has 0 atom stereocenters. The van der Waals surface area contributed by atoms with Crippen LogP contribution in [0.25, 0.3) is 0 Å². The molecule has 2 aromatic carbocycles. The first-order chi connectivity index (χ1) is 17.4. The Morgan fingerprint density at radius 3 is 2.50 bits per heavy atom. The van der Waals surface area contributed by atoms with Gasteiger partial charge in [-0.05, 0) is 55.7 Å². The Kier molecular flexibility index (Phi) is 6.73. The van der Waals surface area contributed by atoms with Crippen LogP contribution in [0.2, 0.25) is 10.0 Å². The molecule has 8 nitrogen and oxygen atoms in total. The summed E-state index contributed by atoms with van der Waals surface area (Å²) in [7, 11) is 1.85. The van der Waals surface area contributed by atoms with Crippen molar-refractivity contribution < 1.29 is 9.59 Å². The molecule has 10 heteroatoms. The second-order valence-electron chi connectivity index (χ2n) is 9.16. The zero-order valence-corrected chi connectivity index (χ0v) is 21.6. The first kappa shape index (κ1) is 24.3. The second-order valence-corrected chi connectivity index (χ2v) is 9.97. The van der Waals surface area contributed by atoms with Crippen LogP contribution in [0.5, 0.6) is 0 Å². The van der Waals surface area contributed by atoms with Crippen molar-refractivity contribution in [3.05, 3.63) is 63.8 Å². The van der Waals surface area contributed by atoms with Crippen LogP contribution in [-0.4, -0.2) is 49.0 Å². The molecule has 1 fully saturated rings. The normalized spacial score (nSPS) is 16.2. The number of para-hydroxylation sites is 1. The SMILES string of the molecule is Cc1cc(Nc2ncc3c(n2)N(C)CN(c2c(Cl)cccc2Cl)C3=O)ccc1N1CCC(C=O)CC1. The average molecular weight is 525 g/mol. The van der Waals surface area contributed by atoms with Crippen molar-refractivity contribution in [3.8, 4) is 0 Å². The topological polar surface area (TPSA) is 81.7 Å². The molecule has 5 rings (SSSR count). The van der Waals surface area contributed by atoms with Crippen LogP contribution in [0.15, 0.2) is 42.6 Å². The number of benzene rings is 2. The van der Waals surface area contributed by atoms with Gasteiger partial charge in [0.2, 0.25) is 5.95 Å². The minimum Gasteiger partial charge on any atom is -0.371 e. The van der Waals surface area contributed by atoms with Crippen LogP contribution in [0, 0.1) is 12.8 Å². The van der Waals surface area contributed by atoms with Crippen LogP contribution < -0.4 is 20.0 Å². The van der Waals surface area contributed by atoms with Crippen molar-refractivity contribution in [1.82, 2.24) is 9.97 Å². The smallest absolute Gasteiger partial charge is 0.265 e. The first-order valence-electron chi connectivity index (χ1n) is 11.8. The zero-order chi connectivity index (χ0) is 25.4. The maximum Gasteiger partial charge on any atom is 0.265 e. The Morgan fingerprint density at radius 2 is 1.83 bits per heavy atom. The fraction of sp³-hybridized carbons (Fsp3) is 0.308. The molecule has 0 aliphatic carbocycles. The third-order valence-corrected chi connectivity index (χ3v) is 7.30. The molecular weight excluding hydrogens is 499 g/mol. The van der Waals surface area contributed by atoms with Gasteiger partial charge in [-0.2, -0.15) is 4.98 Å². The molecule has 186 valence electrons. The minimum absolute atomic E-state index is 0.169. The summed E-state index contributed by atoms with van der Waals surface area (Å²) in [6.45, 7) is 4.07. The van der Waals surface area contributed by atoms with E-state index in [1.807, 2.05) is 18.0 Å². The molecule has 1 saturated heterocycles. The molecule has 36 heavy (non-hydrogen) atoms. The Bertz CT molecular complexity index is 1310. The highest BCUT2D eigenvalue weighted by molar-refractivity contribution is 6.40. The van der Waals surface area contributed by atoms with Crippen molar-refractivity contribution >= 4 is 64.2 Å². The molecule has 2 aliphatic rings. The predicted octanol–water partition coefficient (Wildman–Crippen LogP) is 5.30. The van der Waals surface area contributed by atoms with Gasteiger partial charge in [0.25, 0.3) is 5.91 Å². The number of aryl methyl sites for hydroxylation is 1. The van der Waals surface area contributed by atoms with E-state index in [-0.39, 0.29) is 18.5 Å². The van der Waals surface area contributed by atoms with Crippen LogP contribution in [0.4, 0.5) is 28.8 Å². The maximum atomic E-state index is 13.3. The lowest BCUT2D eigenvalue weighted by Crippen LogP contribution is -2.46. The van der Waals surface area contributed by atoms with Crippen molar-refractivity contribution in [2.75, 3.05) is 46.8 Å². The number of rotatable bonds is 5. The van der Waals surface area contributed by atoms with Gasteiger partial charge < -0.3 is 19.9 Å². The van der Waals surface area contributed by atoms with Gasteiger partial charge in [0.1, 0.15) is 17.7 Å². The molecule has 3 aromatic rings. The van der Waals surface area contributed by atoms with E-state index in [0.29, 0.717) is 33.1 Å². The number of nitrogens with one attached hydrogen (secondary N) is 1. The van der Waals surface area contributed by atoms with E-state index in [0.717, 1.165) is 43.5 Å². The van der Waals surface area contributed by atoms with E-state index in [9.17, 15) is 9.59 Å². The molecule has 0 saturated carbocycles. The van der Waals surface area contributed by atoms with E-state index in [1.54, 1.807) is 18.2 Å². The average Bonchev–Trinajstić information content (AvgIpc) is 2.87. The lowest BCUT2D eigenvalue weighted by Gasteiger charge is -2.35. The molecule has 3 heterocycles. The van der Waals surface area contributed by atoms with Gasteiger partial charge in [-0.3, -0.25) is 9.69 Å². The van der Waals surface area contributed by atoms with Crippen molar-refractivity contribution in [3.63, 3.8) is 0 Å². The van der Waals surface area contributed by atoms with Gasteiger partial charge in [0, 0.05) is 43.6 Å². The number of fused-ring (bicyclic) bond motifs is 1. The van der Waals surface area contributed by atoms with Gasteiger partial charge in [0.15, 0.2) is 0 Å². The van der Waals surface area contributed by atoms with Gasteiger partial charge in [0.05, 0.1) is 22.4 Å². The Morgan fingerprint density at radius 1 is 1.11 bits per heavy atom. The number of carbonyl (C=O) groups is 2. The highest BCUT2D eigenvalue weighted by Crippen LogP contribution is 2.37. The summed E-state index contributed by atoms with van der Waals surface area (Å²) in [4.78, 5) is 39.1. The van der Waals surface area contributed by atoms with E-state index in [4.69, 9.17) is 23.2 Å². The molecule has 2 aliphatic heterocycles. The maximum absolute atomic E-state index is 13.3. The third kappa shape index (κ3) is 4.58. The summed E-state index contributed by atoms with van der Waals surface area (Å²) < 4.78 is 0. The monoisotopic (exact) mass is 524 g/mol. The largest absolute Gasteiger partial charge is 0.371 e. The molecule has 1 amide bonds. The molecule has 0 unspecified atom stereocenters. The fourth-order valence-corrected chi connectivity index (χ4v) is 5.38. The summed E-state index contributed by atoms with van der Waals surface area (Å²) in [5, 5.41) is 4.06. The van der Waals surface area contributed by atoms with Gasteiger partial charge in [-0.25, -0.2) is 4.98 Å². The second kappa shape index (κ2) is 9.95. The number of carbonyl (C=O) groups excluding carboxylic acids is 2. The summed E-state index contributed by atoms with van der Waals surface area (Å²) in [5.74, 6) is 0.838. The molecule has 1 aromatic heterocycles. The van der Waals surface area contributed by atoms with E-state index < -0.39 is 0 Å². The Hall–Kier alpha value is -3.36. The molecule has 0 radical (unpaired) electrons. The predicted molar refractivity (Wildman–Crippen MR) is 144 cm³/mol. The molecule has 0 spiro atoms. The van der Waals surface area contributed by atoms with E-state index >= 15 is 0 Å². The summed E-state index contributed by atoms with van der Waals surface area (Å²) in [5.41, 5.74) is 3.99. The number of aldehydes is 1. The minimum atomic E-state index is -0.261. The number of piperidine rings is 1. The van der Waals surface area contributed by atoms with Crippen molar-refractivity contribution in [1.29, 1.82) is 0 Å². The van der Waals surface area contributed by atoms with E-state index in [2.05, 4.69) is 39.2 Å². The highest BCUT2D eigenvalue weighted by Gasteiger charge is 2.32. The fourth-order valence-electron chi connectivity index (χ4n) is 4.78. The van der Waals surface area contributed by atoms with Crippen molar-refractivity contribution in [2.24, 2.45) is 5.92 Å². The third-order valence-electron chi connectivity index (χ3n) is 6.69. The number of aromatic nitrogens is 2. The number of nitrogens with zero attached hydrogens (tertiary/aromatic N) is 5. The van der Waals surface area contributed by atoms with Gasteiger partial charge in [-0.1, -0.05) is 29.3 Å². The van der Waals surface area contributed by atoms with Crippen LogP contribution in [0.1, 0.15) is 28.8 Å². The molecule has 0 bridgehead atoms. The van der Waals surface area contributed by atoms with Gasteiger partial charge >= 0.3 is 0 Å². The number of hydrogen-bond acceptors (Lipinski definition) is 7.